The number of rotatable bonds is 1. The molecule has 2 rings (SSSR count). The first-order valence-corrected chi connectivity index (χ1v) is 7.54. The van der Waals surface area contributed by atoms with Gasteiger partial charge in [-0.15, -0.1) is 0 Å². The number of aromatic hydroxyl groups is 1. The van der Waals surface area contributed by atoms with E-state index in [4.69, 9.17) is 4.74 Å². The van der Waals surface area contributed by atoms with Crippen molar-refractivity contribution in [3.8, 4) is 5.75 Å². The van der Waals surface area contributed by atoms with Gasteiger partial charge in [0.25, 0.3) is 0 Å². The molecule has 0 unspecified atom stereocenters. The molecule has 4 nitrogen and oxygen atoms in total. The number of piperidine rings is 1. The van der Waals surface area contributed by atoms with Crippen LogP contribution in [0.25, 0.3) is 0 Å². The fraction of sp³-hybridized carbons (Fsp3) is 0.588. The van der Waals surface area contributed by atoms with Crippen molar-refractivity contribution in [1.29, 1.82) is 0 Å². The van der Waals surface area contributed by atoms with E-state index in [1.165, 1.54) is 5.56 Å². The van der Waals surface area contributed by atoms with Gasteiger partial charge in [0.1, 0.15) is 11.4 Å². The van der Waals surface area contributed by atoms with Gasteiger partial charge in [-0.05, 0) is 69.7 Å². The molecule has 0 atom stereocenters. The zero-order valence-corrected chi connectivity index (χ0v) is 13.3. The van der Waals surface area contributed by atoms with Crippen molar-refractivity contribution in [2.75, 3.05) is 13.1 Å². The first kappa shape index (κ1) is 15.7. The van der Waals surface area contributed by atoms with Crippen LogP contribution in [0.4, 0.5) is 4.79 Å². The minimum atomic E-state index is -0.443. The Balaban J connectivity index is 1.95. The van der Waals surface area contributed by atoms with E-state index >= 15 is 0 Å². The zero-order chi connectivity index (χ0) is 15.6. The first-order valence-electron chi connectivity index (χ1n) is 7.54. The van der Waals surface area contributed by atoms with Crippen LogP contribution in [-0.2, 0) is 4.74 Å². The molecule has 116 valence electrons. The molecule has 1 amide bonds. The molecule has 1 saturated heterocycles. The van der Waals surface area contributed by atoms with Gasteiger partial charge in [-0.2, -0.15) is 0 Å². The van der Waals surface area contributed by atoms with E-state index in [2.05, 4.69) is 0 Å². The lowest BCUT2D eigenvalue weighted by molar-refractivity contribution is 0.0205. The quantitative estimate of drug-likeness (QED) is 0.856. The average molecular weight is 291 g/mol. The van der Waals surface area contributed by atoms with E-state index in [1.807, 2.05) is 33.8 Å². The number of hydrogen-bond donors (Lipinski definition) is 1. The number of carbonyl (C=O) groups excluding carboxylic acids is 1. The molecule has 1 fully saturated rings. The Morgan fingerprint density at radius 1 is 1.29 bits per heavy atom. The van der Waals surface area contributed by atoms with Gasteiger partial charge < -0.3 is 14.7 Å². The number of likely N-dealkylation sites (tertiary alicyclic amines) is 1. The second kappa shape index (κ2) is 5.96. The molecular formula is C17H25NO3. The summed E-state index contributed by atoms with van der Waals surface area (Å²) in [4.78, 5) is 13.8. The number of ether oxygens (including phenoxy) is 1. The Morgan fingerprint density at radius 2 is 1.90 bits per heavy atom. The van der Waals surface area contributed by atoms with Crippen molar-refractivity contribution in [2.24, 2.45) is 0 Å². The molecule has 1 aromatic rings. The summed E-state index contributed by atoms with van der Waals surface area (Å²) in [5, 5.41) is 9.49. The molecule has 1 aliphatic heterocycles. The molecule has 1 heterocycles. The first-order chi connectivity index (χ1) is 9.76. The Morgan fingerprint density at radius 3 is 2.43 bits per heavy atom. The van der Waals surface area contributed by atoms with Crippen molar-refractivity contribution in [3.05, 3.63) is 29.3 Å². The molecule has 1 N–H and O–H groups in total. The van der Waals surface area contributed by atoms with Gasteiger partial charge in [-0.1, -0.05) is 6.07 Å². The normalized spacial score (nSPS) is 16.9. The predicted molar refractivity (Wildman–Crippen MR) is 82.6 cm³/mol. The van der Waals surface area contributed by atoms with Gasteiger partial charge in [0.15, 0.2) is 0 Å². The molecule has 0 aliphatic carbocycles. The summed E-state index contributed by atoms with van der Waals surface area (Å²) in [7, 11) is 0. The smallest absolute Gasteiger partial charge is 0.410 e. The highest BCUT2D eigenvalue weighted by Crippen LogP contribution is 2.32. The van der Waals surface area contributed by atoms with E-state index in [0.29, 0.717) is 11.7 Å². The highest BCUT2D eigenvalue weighted by Gasteiger charge is 2.27. The van der Waals surface area contributed by atoms with E-state index in [0.717, 1.165) is 31.5 Å². The van der Waals surface area contributed by atoms with Crippen molar-refractivity contribution >= 4 is 6.09 Å². The van der Waals surface area contributed by atoms with Crippen molar-refractivity contribution < 1.29 is 14.6 Å². The zero-order valence-electron chi connectivity index (χ0n) is 13.3. The lowest BCUT2D eigenvalue weighted by Crippen LogP contribution is -2.41. The number of aryl methyl sites for hydroxylation is 1. The third-order valence-corrected chi connectivity index (χ3v) is 3.84. The maximum absolute atomic E-state index is 12.0. The van der Waals surface area contributed by atoms with Crippen LogP contribution in [0, 0.1) is 6.92 Å². The minimum Gasteiger partial charge on any atom is -0.508 e. The van der Waals surface area contributed by atoms with Crippen molar-refractivity contribution in [1.82, 2.24) is 4.90 Å². The van der Waals surface area contributed by atoms with Gasteiger partial charge in [0, 0.05) is 13.1 Å². The minimum absolute atomic E-state index is 0.219. The number of nitrogens with zero attached hydrogens (tertiary/aromatic N) is 1. The molecule has 1 aliphatic rings. The monoisotopic (exact) mass is 291 g/mol. The molecule has 0 bridgehead atoms. The van der Waals surface area contributed by atoms with Crippen LogP contribution in [0.3, 0.4) is 0 Å². The summed E-state index contributed by atoms with van der Waals surface area (Å²) in [6.45, 7) is 9.13. The molecule has 0 aromatic heterocycles. The Bertz CT molecular complexity index is 511. The third-order valence-electron chi connectivity index (χ3n) is 3.84. The van der Waals surface area contributed by atoms with Gasteiger partial charge in [0.2, 0.25) is 0 Å². The molecule has 1 aromatic carbocycles. The second-order valence-corrected chi connectivity index (χ2v) is 6.78. The fourth-order valence-corrected chi connectivity index (χ4v) is 2.82. The SMILES string of the molecule is Cc1cc(O)ccc1C1CCN(C(=O)OC(C)(C)C)CC1. The van der Waals surface area contributed by atoms with Crippen LogP contribution in [0.5, 0.6) is 5.75 Å². The topological polar surface area (TPSA) is 49.8 Å². The lowest BCUT2D eigenvalue weighted by atomic mass is 9.87. The molecule has 0 spiro atoms. The van der Waals surface area contributed by atoms with Crippen LogP contribution in [0.1, 0.15) is 50.7 Å². The lowest BCUT2D eigenvalue weighted by Gasteiger charge is -2.34. The van der Waals surface area contributed by atoms with Crippen LogP contribution in [0.15, 0.2) is 18.2 Å². The van der Waals surface area contributed by atoms with Crippen LogP contribution in [-0.4, -0.2) is 34.8 Å². The molecule has 0 saturated carbocycles. The number of phenolic OH excluding ortho intramolecular Hbond substituents is 1. The van der Waals surface area contributed by atoms with E-state index in [-0.39, 0.29) is 6.09 Å². The van der Waals surface area contributed by atoms with Gasteiger partial charge in [0.05, 0.1) is 0 Å². The maximum atomic E-state index is 12.0. The molecule has 21 heavy (non-hydrogen) atoms. The van der Waals surface area contributed by atoms with Crippen LogP contribution >= 0.6 is 0 Å². The van der Waals surface area contributed by atoms with Gasteiger partial charge in [-0.3, -0.25) is 0 Å². The number of carbonyl (C=O) groups is 1. The highest BCUT2D eigenvalue weighted by molar-refractivity contribution is 5.68. The summed E-state index contributed by atoms with van der Waals surface area (Å²) in [6.07, 6.45) is 1.65. The number of phenols is 1. The van der Waals surface area contributed by atoms with E-state index in [1.54, 1.807) is 17.0 Å². The number of benzene rings is 1. The van der Waals surface area contributed by atoms with Crippen LogP contribution in [0.2, 0.25) is 0 Å². The number of amides is 1. The summed E-state index contributed by atoms with van der Waals surface area (Å²) in [5.74, 6) is 0.756. The number of hydrogen-bond acceptors (Lipinski definition) is 3. The van der Waals surface area contributed by atoms with Gasteiger partial charge >= 0.3 is 6.09 Å². The molecule has 0 radical (unpaired) electrons. The largest absolute Gasteiger partial charge is 0.508 e. The summed E-state index contributed by atoms with van der Waals surface area (Å²) in [6, 6.07) is 5.54. The second-order valence-electron chi connectivity index (χ2n) is 6.78. The predicted octanol–water partition coefficient (Wildman–Crippen LogP) is 3.82. The summed E-state index contributed by atoms with van der Waals surface area (Å²) < 4.78 is 5.41. The van der Waals surface area contributed by atoms with E-state index < -0.39 is 5.60 Å². The highest BCUT2D eigenvalue weighted by atomic mass is 16.6. The average Bonchev–Trinajstić information content (AvgIpc) is 2.37. The Hall–Kier alpha value is -1.71. The van der Waals surface area contributed by atoms with Crippen molar-refractivity contribution in [2.45, 2.75) is 52.1 Å². The molecular weight excluding hydrogens is 266 g/mol. The maximum Gasteiger partial charge on any atom is 0.410 e. The molecule has 4 heteroatoms. The third kappa shape index (κ3) is 4.13. The van der Waals surface area contributed by atoms with Crippen molar-refractivity contribution in [3.63, 3.8) is 0 Å². The Labute approximate surface area is 126 Å². The summed E-state index contributed by atoms with van der Waals surface area (Å²) >= 11 is 0. The van der Waals surface area contributed by atoms with E-state index in [9.17, 15) is 9.90 Å². The standard InChI is InChI=1S/C17H25NO3/c1-12-11-14(19)5-6-15(12)13-7-9-18(10-8-13)16(20)21-17(2,3)4/h5-6,11,13,19H,7-10H2,1-4H3. The van der Waals surface area contributed by atoms with Gasteiger partial charge in [-0.25, -0.2) is 4.79 Å². The van der Waals surface area contributed by atoms with Crippen LogP contribution < -0.4 is 0 Å². The summed E-state index contributed by atoms with van der Waals surface area (Å²) in [5.41, 5.74) is 1.95. The Kier molecular flexibility index (Phi) is 4.45. The fourth-order valence-electron chi connectivity index (χ4n) is 2.82.